The standard InChI is InChI=1S/C16H24O4/c17-11-10-16(19,14-18)9-5-2-6-12-20-13-15-7-3-1-4-8-15/h1,3-4,7-8,10-11,17-19H,2,5-6,9,12-14H2/b11-10-. The maximum Gasteiger partial charge on any atom is 0.109 e. The fourth-order valence-electron chi connectivity index (χ4n) is 1.93. The predicted octanol–water partition coefficient (Wildman–Crippen LogP) is 2.56. The van der Waals surface area contributed by atoms with Crippen LogP contribution in [0, 0.1) is 0 Å². The van der Waals surface area contributed by atoms with Crippen LogP contribution in [0.15, 0.2) is 42.7 Å². The van der Waals surface area contributed by atoms with Crippen LogP contribution < -0.4 is 0 Å². The number of aliphatic hydroxyl groups is 3. The molecule has 1 rings (SSSR count). The molecule has 0 bridgehead atoms. The molecule has 112 valence electrons. The van der Waals surface area contributed by atoms with Crippen LogP contribution in [0.25, 0.3) is 0 Å². The van der Waals surface area contributed by atoms with Crippen LogP contribution in [0.1, 0.15) is 31.2 Å². The van der Waals surface area contributed by atoms with Gasteiger partial charge < -0.3 is 20.1 Å². The Hall–Kier alpha value is -1.36. The number of benzene rings is 1. The molecule has 0 heterocycles. The summed E-state index contributed by atoms with van der Waals surface area (Å²) < 4.78 is 5.56. The summed E-state index contributed by atoms with van der Waals surface area (Å²) in [6, 6.07) is 10.0. The molecule has 0 aliphatic heterocycles. The summed E-state index contributed by atoms with van der Waals surface area (Å²) in [6.07, 6.45) is 5.03. The molecule has 0 amide bonds. The Morgan fingerprint density at radius 3 is 2.50 bits per heavy atom. The average Bonchev–Trinajstić information content (AvgIpc) is 2.47. The molecule has 0 spiro atoms. The van der Waals surface area contributed by atoms with Gasteiger partial charge in [0.1, 0.15) is 5.60 Å². The molecule has 1 unspecified atom stereocenters. The van der Waals surface area contributed by atoms with E-state index in [0.29, 0.717) is 19.6 Å². The first kappa shape index (κ1) is 16.7. The SMILES string of the molecule is O/C=C\C(O)(CO)CCCCCOCc1ccccc1. The molecular weight excluding hydrogens is 256 g/mol. The first-order chi connectivity index (χ1) is 9.70. The molecule has 3 N–H and O–H groups in total. The largest absolute Gasteiger partial charge is 0.516 e. The van der Waals surface area contributed by atoms with E-state index in [2.05, 4.69) is 0 Å². The minimum Gasteiger partial charge on any atom is -0.516 e. The molecule has 0 saturated heterocycles. The van der Waals surface area contributed by atoms with Crippen molar-refractivity contribution >= 4 is 0 Å². The highest BCUT2D eigenvalue weighted by Gasteiger charge is 2.21. The molecule has 0 aromatic heterocycles. The van der Waals surface area contributed by atoms with Crippen molar-refractivity contribution in [1.82, 2.24) is 0 Å². The minimum atomic E-state index is -1.31. The van der Waals surface area contributed by atoms with Crippen molar-refractivity contribution in [2.45, 2.75) is 37.9 Å². The zero-order valence-corrected chi connectivity index (χ0v) is 11.7. The second kappa shape index (κ2) is 9.53. The first-order valence-corrected chi connectivity index (χ1v) is 6.97. The second-order valence-corrected chi connectivity index (χ2v) is 4.93. The average molecular weight is 280 g/mol. The molecule has 1 aromatic rings. The van der Waals surface area contributed by atoms with Crippen LogP contribution in [0.5, 0.6) is 0 Å². The van der Waals surface area contributed by atoms with Gasteiger partial charge in [-0.2, -0.15) is 0 Å². The highest BCUT2D eigenvalue weighted by Crippen LogP contribution is 2.16. The van der Waals surface area contributed by atoms with E-state index in [4.69, 9.17) is 14.9 Å². The van der Waals surface area contributed by atoms with Crippen molar-refractivity contribution in [2.24, 2.45) is 0 Å². The molecule has 0 fully saturated rings. The monoisotopic (exact) mass is 280 g/mol. The van der Waals surface area contributed by atoms with Gasteiger partial charge in [-0.15, -0.1) is 0 Å². The minimum absolute atomic E-state index is 0.380. The van der Waals surface area contributed by atoms with E-state index >= 15 is 0 Å². The summed E-state index contributed by atoms with van der Waals surface area (Å²) in [5, 5.41) is 27.5. The maximum atomic E-state index is 9.84. The number of hydrogen-bond donors (Lipinski definition) is 3. The van der Waals surface area contributed by atoms with Crippen LogP contribution in [-0.4, -0.2) is 34.1 Å². The third kappa shape index (κ3) is 6.70. The first-order valence-electron chi connectivity index (χ1n) is 6.97. The van der Waals surface area contributed by atoms with Gasteiger partial charge in [0, 0.05) is 6.61 Å². The van der Waals surface area contributed by atoms with E-state index in [1.54, 1.807) is 0 Å². The summed E-state index contributed by atoms with van der Waals surface area (Å²) in [4.78, 5) is 0. The smallest absolute Gasteiger partial charge is 0.109 e. The molecular formula is C16H24O4. The summed E-state index contributed by atoms with van der Waals surface area (Å²) >= 11 is 0. The number of unbranched alkanes of at least 4 members (excludes halogenated alkanes) is 2. The van der Waals surface area contributed by atoms with Crippen molar-refractivity contribution < 1.29 is 20.1 Å². The van der Waals surface area contributed by atoms with Gasteiger partial charge in [-0.3, -0.25) is 0 Å². The van der Waals surface area contributed by atoms with Crippen LogP contribution in [-0.2, 0) is 11.3 Å². The topological polar surface area (TPSA) is 69.9 Å². The van der Waals surface area contributed by atoms with E-state index in [1.807, 2.05) is 30.3 Å². The van der Waals surface area contributed by atoms with Gasteiger partial charge in [0.25, 0.3) is 0 Å². The van der Waals surface area contributed by atoms with E-state index in [9.17, 15) is 5.11 Å². The number of aliphatic hydroxyl groups excluding tert-OH is 2. The van der Waals surface area contributed by atoms with Gasteiger partial charge in [-0.25, -0.2) is 0 Å². The van der Waals surface area contributed by atoms with Crippen LogP contribution in [0.3, 0.4) is 0 Å². The highest BCUT2D eigenvalue weighted by molar-refractivity contribution is 5.13. The Morgan fingerprint density at radius 2 is 1.85 bits per heavy atom. The van der Waals surface area contributed by atoms with Crippen LogP contribution >= 0.6 is 0 Å². The maximum absolute atomic E-state index is 9.84. The zero-order valence-electron chi connectivity index (χ0n) is 11.7. The fourth-order valence-corrected chi connectivity index (χ4v) is 1.93. The molecule has 1 aromatic carbocycles. The number of ether oxygens (including phenoxy) is 1. The lowest BCUT2D eigenvalue weighted by Gasteiger charge is -2.21. The number of hydrogen-bond acceptors (Lipinski definition) is 4. The Morgan fingerprint density at radius 1 is 1.10 bits per heavy atom. The van der Waals surface area contributed by atoms with E-state index < -0.39 is 5.60 Å². The summed E-state index contributed by atoms with van der Waals surface area (Å²) in [5.74, 6) is 0. The van der Waals surface area contributed by atoms with E-state index in [0.717, 1.165) is 31.1 Å². The Balaban J connectivity index is 2.05. The van der Waals surface area contributed by atoms with Crippen LogP contribution in [0.2, 0.25) is 0 Å². The molecule has 20 heavy (non-hydrogen) atoms. The summed E-state index contributed by atoms with van der Waals surface area (Å²) in [5.41, 5.74) is -0.144. The van der Waals surface area contributed by atoms with Crippen molar-refractivity contribution in [2.75, 3.05) is 13.2 Å². The Labute approximate surface area is 120 Å². The summed E-state index contributed by atoms with van der Waals surface area (Å²) in [6.45, 7) is 0.922. The van der Waals surface area contributed by atoms with Crippen molar-refractivity contribution in [3.05, 3.63) is 48.2 Å². The van der Waals surface area contributed by atoms with E-state index in [1.165, 1.54) is 6.08 Å². The van der Waals surface area contributed by atoms with Gasteiger partial charge in [-0.1, -0.05) is 43.2 Å². The lowest BCUT2D eigenvalue weighted by atomic mass is 9.97. The third-order valence-electron chi connectivity index (χ3n) is 3.17. The Bertz CT molecular complexity index is 377. The van der Waals surface area contributed by atoms with Gasteiger partial charge in [0.2, 0.25) is 0 Å². The fraction of sp³-hybridized carbons (Fsp3) is 0.500. The lowest BCUT2D eigenvalue weighted by molar-refractivity contribution is 0.0163. The van der Waals surface area contributed by atoms with Gasteiger partial charge in [-0.05, 0) is 24.5 Å². The normalized spacial score (nSPS) is 14.5. The van der Waals surface area contributed by atoms with Crippen molar-refractivity contribution in [1.29, 1.82) is 0 Å². The third-order valence-corrected chi connectivity index (χ3v) is 3.17. The van der Waals surface area contributed by atoms with Crippen molar-refractivity contribution in [3.8, 4) is 0 Å². The quantitative estimate of drug-likeness (QED) is 0.455. The van der Waals surface area contributed by atoms with Crippen molar-refractivity contribution in [3.63, 3.8) is 0 Å². The Kier molecular flexibility index (Phi) is 7.95. The molecule has 4 heteroatoms. The molecule has 0 aliphatic carbocycles. The second-order valence-electron chi connectivity index (χ2n) is 4.93. The van der Waals surface area contributed by atoms with Gasteiger partial charge in [0.15, 0.2) is 0 Å². The van der Waals surface area contributed by atoms with E-state index in [-0.39, 0.29) is 6.61 Å². The number of rotatable bonds is 10. The molecule has 0 radical (unpaired) electrons. The summed E-state index contributed by atoms with van der Waals surface area (Å²) in [7, 11) is 0. The predicted molar refractivity (Wildman–Crippen MR) is 78.4 cm³/mol. The lowest BCUT2D eigenvalue weighted by Crippen LogP contribution is -2.30. The molecule has 4 nitrogen and oxygen atoms in total. The van der Waals surface area contributed by atoms with Gasteiger partial charge >= 0.3 is 0 Å². The van der Waals surface area contributed by atoms with Gasteiger partial charge in [0.05, 0.1) is 19.5 Å². The van der Waals surface area contributed by atoms with Crippen LogP contribution in [0.4, 0.5) is 0 Å². The highest BCUT2D eigenvalue weighted by atomic mass is 16.5. The molecule has 1 atom stereocenters. The zero-order chi connectivity index (χ0) is 14.7. The molecule has 0 saturated carbocycles. The molecule has 0 aliphatic rings.